The molecule has 0 unspecified atom stereocenters. The maximum atomic E-state index is 5.59. The molecule has 0 amide bonds. The number of nitrogens with zero attached hydrogens (tertiary/aromatic N) is 2. The Kier molecular flexibility index (Phi) is 4.29. The topological polar surface area (TPSA) is 51.4 Å². The van der Waals surface area contributed by atoms with Crippen molar-refractivity contribution in [2.24, 2.45) is 5.73 Å². The van der Waals surface area contributed by atoms with Gasteiger partial charge in [-0.1, -0.05) is 0 Å². The number of likely N-dealkylation sites (N-methyl/N-ethyl adjacent to an activating group) is 1. The molecule has 0 bridgehead atoms. The van der Waals surface area contributed by atoms with Crippen LogP contribution >= 0.6 is 11.3 Å². The van der Waals surface area contributed by atoms with E-state index in [9.17, 15) is 0 Å². The third-order valence-corrected chi connectivity index (χ3v) is 3.70. The lowest BCUT2D eigenvalue weighted by Crippen LogP contribution is -2.25. The highest BCUT2D eigenvalue weighted by molar-refractivity contribution is 7.09. The molecule has 90 valence electrons. The predicted octanol–water partition coefficient (Wildman–Crippen LogP) is 1.21. The van der Waals surface area contributed by atoms with Crippen LogP contribution in [0.1, 0.15) is 23.5 Å². The molecule has 0 aliphatic heterocycles. The standard InChI is InChI=1S/C11H19N3OS/c1-14(10-2-3-10)4-5-15-7-9-8-16-11(6-12)13-9/h8,10H,2-7,12H2,1H3. The second kappa shape index (κ2) is 5.72. The lowest BCUT2D eigenvalue weighted by Gasteiger charge is -2.14. The molecule has 1 aliphatic carbocycles. The molecular formula is C11H19N3OS. The van der Waals surface area contributed by atoms with Gasteiger partial charge in [0.2, 0.25) is 0 Å². The largest absolute Gasteiger partial charge is 0.374 e. The first kappa shape index (κ1) is 12.0. The number of thiazole rings is 1. The van der Waals surface area contributed by atoms with Crippen LogP contribution in [-0.4, -0.2) is 36.1 Å². The first-order chi connectivity index (χ1) is 7.79. The molecule has 5 heteroatoms. The van der Waals surface area contributed by atoms with Crippen LogP contribution in [-0.2, 0) is 17.9 Å². The Hall–Kier alpha value is -0.490. The van der Waals surface area contributed by atoms with Crippen molar-refractivity contribution in [1.82, 2.24) is 9.88 Å². The van der Waals surface area contributed by atoms with Crippen LogP contribution in [0.15, 0.2) is 5.38 Å². The van der Waals surface area contributed by atoms with Gasteiger partial charge in [-0.05, 0) is 19.9 Å². The molecule has 1 heterocycles. The fourth-order valence-electron chi connectivity index (χ4n) is 1.59. The van der Waals surface area contributed by atoms with Gasteiger partial charge >= 0.3 is 0 Å². The van der Waals surface area contributed by atoms with E-state index in [2.05, 4.69) is 16.9 Å². The molecule has 2 N–H and O–H groups in total. The SMILES string of the molecule is CN(CCOCc1csc(CN)n1)C1CC1. The van der Waals surface area contributed by atoms with Gasteiger partial charge in [-0.25, -0.2) is 4.98 Å². The van der Waals surface area contributed by atoms with E-state index >= 15 is 0 Å². The van der Waals surface area contributed by atoms with E-state index < -0.39 is 0 Å². The normalized spacial score (nSPS) is 15.9. The molecule has 0 radical (unpaired) electrons. The molecule has 16 heavy (non-hydrogen) atoms. The number of rotatable bonds is 7. The van der Waals surface area contributed by atoms with Gasteiger partial charge in [-0.15, -0.1) is 11.3 Å². The van der Waals surface area contributed by atoms with Crippen LogP contribution in [0.3, 0.4) is 0 Å². The van der Waals surface area contributed by atoms with Gasteiger partial charge in [0.05, 0.1) is 18.9 Å². The highest BCUT2D eigenvalue weighted by Crippen LogP contribution is 2.24. The summed E-state index contributed by atoms with van der Waals surface area (Å²) < 4.78 is 5.59. The predicted molar refractivity (Wildman–Crippen MR) is 65.3 cm³/mol. The van der Waals surface area contributed by atoms with E-state index in [1.165, 1.54) is 12.8 Å². The summed E-state index contributed by atoms with van der Waals surface area (Å²) in [6, 6.07) is 0.812. The van der Waals surface area contributed by atoms with Gasteiger partial charge in [0.1, 0.15) is 5.01 Å². The second-order valence-corrected chi connectivity index (χ2v) is 5.14. The summed E-state index contributed by atoms with van der Waals surface area (Å²) in [5.74, 6) is 0. The van der Waals surface area contributed by atoms with Crippen molar-refractivity contribution in [3.63, 3.8) is 0 Å². The van der Waals surface area contributed by atoms with E-state index in [0.717, 1.165) is 29.9 Å². The van der Waals surface area contributed by atoms with Crippen molar-refractivity contribution in [1.29, 1.82) is 0 Å². The van der Waals surface area contributed by atoms with Crippen LogP contribution < -0.4 is 5.73 Å². The van der Waals surface area contributed by atoms with Gasteiger partial charge in [0, 0.05) is 24.5 Å². The number of nitrogens with two attached hydrogens (primary N) is 1. The van der Waals surface area contributed by atoms with Crippen LogP contribution in [0.5, 0.6) is 0 Å². The molecule has 4 nitrogen and oxygen atoms in total. The minimum atomic E-state index is 0.523. The van der Waals surface area contributed by atoms with E-state index in [1.54, 1.807) is 11.3 Å². The average molecular weight is 241 g/mol. The Balaban J connectivity index is 1.60. The summed E-state index contributed by atoms with van der Waals surface area (Å²) in [5.41, 5.74) is 6.50. The summed E-state index contributed by atoms with van der Waals surface area (Å²) in [6.45, 7) is 2.92. The number of hydrogen-bond donors (Lipinski definition) is 1. The summed E-state index contributed by atoms with van der Waals surface area (Å²) >= 11 is 1.60. The minimum Gasteiger partial charge on any atom is -0.374 e. The Morgan fingerprint density at radius 3 is 3.06 bits per heavy atom. The van der Waals surface area contributed by atoms with Crippen molar-refractivity contribution in [3.05, 3.63) is 16.1 Å². The smallest absolute Gasteiger partial charge is 0.107 e. The van der Waals surface area contributed by atoms with Crippen molar-refractivity contribution in [2.75, 3.05) is 20.2 Å². The van der Waals surface area contributed by atoms with Crippen LogP contribution in [0.2, 0.25) is 0 Å². The molecule has 1 aromatic rings. The summed E-state index contributed by atoms with van der Waals surface area (Å²) in [6.07, 6.45) is 2.70. The molecule has 1 saturated carbocycles. The minimum absolute atomic E-state index is 0.523. The summed E-state index contributed by atoms with van der Waals surface area (Å²) in [7, 11) is 2.16. The molecular weight excluding hydrogens is 222 g/mol. The van der Waals surface area contributed by atoms with Crippen LogP contribution in [0.4, 0.5) is 0 Å². The molecule has 2 rings (SSSR count). The third kappa shape index (κ3) is 3.52. The first-order valence-electron chi connectivity index (χ1n) is 5.71. The average Bonchev–Trinajstić information content (AvgIpc) is 3.04. The van der Waals surface area contributed by atoms with Crippen molar-refractivity contribution < 1.29 is 4.74 Å². The zero-order valence-corrected chi connectivity index (χ0v) is 10.5. The van der Waals surface area contributed by atoms with Gasteiger partial charge in [-0.3, -0.25) is 0 Å². The van der Waals surface area contributed by atoms with E-state index in [1.807, 2.05) is 5.38 Å². The molecule has 1 aromatic heterocycles. The Morgan fingerprint density at radius 2 is 2.44 bits per heavy atom. The fourth-order valence-corrected chi connectivity index (χ4v) is 2.25. The maximum Gasteiger partial charge on any atom is 0.107 e. The molecule has 0 spiro atoms. The lowest BCUT2D eigenvalue weighted by molar-refractivity contribution is 0.0960. The quantitative estimate of drug-likeness (QED) is 0.729. The van der Waals surface area contributed by atoms with E-state index in [4.69, 9.17) is 10.5 Å². The number of hydrogen-bond acceptors (Lipinski definition) is 5. The van der Waals surface area contributed by atoms with Crippen LogP contribution in [0.25, 0.3) is 0 Å². The Morgan fingerprint density at radius 1 is 1.62 bits per heavy atom. The number of aromatic nitrogens is 1. The van der Waals surface area contributed by atoms with Gasteiger partial charge < -0.3 is 15.4 Å². The zero-order valence-electron chi connectivity index (χ0n) is 9.69. The maximum absolute atomic E-state index is 5.59. The van der Waals surface area contributed by atoms with Gasteiger partial charge in [0.25, 0.3) is 0 Å². The molecule has 1 fully saturated rings. The van der Waals surface area contributed by atoms with Gasteiger partial charge in [0.15, 0.2) is 0 Å². The number of ether oxygens (including phenoxy) is 1. The van der Waals surface area contributed by atoms with Crippen LogP contribution in [0, 0.1) is 0 Å². The first-order valence-corrected chi connectivity index (χ1v) is 6.59. The van der Waals surface area contributed by atoms with Crippen molar-refractivity contribution in [3.8, 4) is 0 Å². The Labute approximate surface area is 100 Å². The lowest BCUT2D eigenvalue weighted by atomic mass is 10.5. The summed E-state index contributed by atoms with van der Waals surface area (Å²) in [4.78, 5) is 6.72. The highest BCUT2D eigenvalue weighted by Gasteiger charge is 2.25. The Bertz CT molecular complexity index is 325. The van der Waals surface area contributed by atoms with Gasteiger partial charge in [-0.2, -0.15) is 0 Å². The molecule has 1 aliphatic rings. The second-order valence-electron chi connectivity index (χ2n) is 4.20. The third-order valence-electron chi connectivity index (χ3n) is 2.78. The molecule has 0 aromatic carbocycles. The van der Waals surface area contributed by atoms with Crippen molar-refractivity contribution >= 4 is 11.3 Å². The van der Waals surface area contributed by atoms with E-state index in [0.29, 0.717) is 13.2 Å². The molecule has 0 saturated heterocycles. The summed E-state index contributed by atoms with van der Waals surface area (Å²) in [5, 5.41) is 3.00. The van der Waals surface area contributed by atoms with E-state index in [-0.39, 0.29) is 0 Å². The zero-order chi connectivity index (χ0) is 11.4. The highest BCUT2D eigenvalue weighted by atomic mass is 32.1. The van der Waals surface area contributed by atoms with Crippen molar-refractivity contribution in [2.45, 2.75) is 32.0 Å². The molecule has 0 atom stereocenters. The monoisotopic (exact) mass is 241 g/mol. The fraction of sp³-hybridized carbons (Fsp3) is 0.727.